The summed E-state index contributed by atoms with van der Waals surface area (Å²) >= 11 is 3.47. The van der Waals surface area contributed by atoms with Gasteiger partial charge in [-0.2, -0.15) is 0 Å². The van der Waals surface area contributed by atoms with Gasteiger partial charge in [-0.15, -0.1) is 0 Å². The normalized spacial score (nSPS) is 25.7. The van der Waals surface area contributed by atoms with Crippen molar-refractivity contribution in [3.8, 4) is 0 Å². The minimum atomic E-state index is -0.862. The van der Waals surface area contributed by atoms with Crippen LogP contribution in [0.15, 0.2) is 53.0 Å². The summed E-state index contributed by atoms with van der Waals surface area (Å²) in [6.07, 6.45) is 10.7. The van der Waals surface area contributed by atoms with Crippen LogP contribution in [0.1, 0.15) is 38.7 Å². The van der Waals surface area contributed by atoms with E-state index in [0.717, 1.165) is 34.9 Å². The van der Waals surface area contributed by atoms with Crippen LogP contribution in [0.5, 0.6) is 0 Å². The van der Waals surface area contributed by atoms with Crippen molar-refractivity contribution < 1.29 is 5.11 Å². The Morgan fingerprint density at radius 1 is 1.30 bits per heavy atom. The molecule has 1 atom stereocenters. The molecule has 0 bridgehead atoms. The predicted octanol–water partition coefficient (Wildman–Crippen LogP) is 4.67. The first-order chi connectivity index (χ1) is 10.9. The molecule has 0 unspecified atom stereocenters. The summed E-state index contributed by atoms with van der Waals surface area (Å²) in [5.74, 6) is 0. The van der Waals surface area contributed by atoms with Gasteiger partial charge in [0.05, 0.1) is 12.9 Å². The first-order valence-corrected chi connectivity index (χ1v) is 8.85. The highest BCUT2D eigenvalue weighted by Gasteiger charge is 2.48. The van der Waals surface area contributed by atoms with E-state index in [1.807, 2.05) is 22.9 Å². The SMILES string of the molecule is CC1(C)CCC/C(=C\c2ccc(Br)cc2)[C@]1(O)Cn1ccnc1. The zero-order valence-electron chi connectivity index (χ0n) is 13.7. The highest BCUT2D eigenvalue weighted by Crippen LogP contribution is 2.48. The zero-order valence-corrected chi connectivity index (χ0v) is 15.3. The molecule has 4 heteroatoms. The molecule has 0 radical (unpaired) electrons. The van der Waals surface area contributed by atoms with Crippen LogP contribution in [0.3, 0.4) is 0 Å². The molecule has 0 saturated heterocycles. The number of hydrogen-bond acceptors (Lipinski definition) is 2. The summed E-state index contributed by atoms with van der Waals surface area (Å²) in [5, 5.41) is 11.6. The third-order valence-electron chi connectivity index (χ3n) is 5.08. The fourth-order valence-corrected chi connectivity index (χ4v) is 3.75. The van der Waals surface area contributed by atoms with Gasteiger partial charge in [-0.1, -0.05) is 48.0 Å². The van der Waals surface area contributed by atoms with Crippen molar-refractivity contribution in [1.29, 1.82) is 0 Å². The van der Waals surface area contributed by atoms with Crippen molar-refractivity contribution in [2.24, 2.45) is 5.41 Å². The topological polar surface area (TPSA) is 38.0 Å². The van der Waals surface area contributed by atoms with Crippen molar-refractivity contribution in [2.45, 2.75) is 45.3 Å². The van der Waals surface area contributed by atoms with E-state index < -0.39 is 5.60 Å². The van der Waals surface area contributed by atoms with Crippen molar-refractivity contribution in [3.63, 3.8) is 0 Å². The Hall–Kier alpha value is -1.39. The molecule has 1 aromatic carbocycles. The van der Waals surface area contributed by atoms with Crippen LogP contribution in [0, 0.1) is 5.41 Å². The van der Waals surface area contributed by atoms with E-state index in [1.165, 1.54) is 0 Å². The van der Waals surface area contributed by atoms with E-state index in [0.29, 0.717) is 6.54 Å². The Morgan fingerprint density at radius 3 is 2.70 bits per heavy atom. The molecule has 1 N–H and O–H groups in total. The molecule has 3 rings (SSSR count). The fraction of sp³-hybridized carbons (Fsp3) is 0.421. The highest BCUT2D eigenvalue weighted by molar-refractivity contribution is 9.10. The van der Waals surface area contributed by atoms with Gasteiger partial charge in [-0.05, 0) is 47.9 Å². The molecule has 2 aromatic rings. The number of hydrogen-bond donors (Lipinski definition) is 1. The maximum atomic E-state index is 11.6. The summed E-state index contributed by atoms with van der Waals surface area (Å²) in [7, 11) is 0. The van der Waals surface area contributed by atoms with Crippen LogP contribution in [0.2, 0.25) is 0 Å². The van der Waals surface area contributed by atoms with Gasteiger partial charge in [0, 0.05) is 16.9 Å². The maximum absolute atomic E-state index is 11.6. The molecular weight excluding hydrogens is 352 g/mol. The summed E-state index contributed by atoms with van der Waals surface area (Å²) in [6, 6.07) is 8.23. The van der Waals surface area contributed by atoms with Crippen LogP contribution in [0.4, 0.5) is 0 Å². The van der Waals surface area contributed by atoms with Gasteiger partial charge >= 0.3 is 0 Å². The molecule has 23 heavy (non-hydrogen) atoms. The summed E-state index contributed by atoms with van der Waals surface area (Å²) < 4.78 is 3.04. The average Bonchev–Trinajstić information content (AvgIpc) is 2.99. The highest BCUT2D eigenvalue weighted by atomic mass is 79.9. The van der Waals surface area contributed by atoms with Crippen LogP contribution in [-0.4, -0.2) is 20.3 Å². The lowest BCUT2D eigenvalue weighted by Crippen LogP contribution is -2.51. The van der Waals surface area contributed by atoms with Crippen LogP contribution in [0.25, 0.3) is 6.08 Å². The molecule has 1 saturated carbocycles. The first-order valence-electron chi connectivity index (χ1n) is 8.05. The van der Waals surface area contributed by atoms with E-state index in [4.69, 9.17) is 0 Å². The van der Waals surface area contributed by atoms with Gasteiger partial charge in [0.1, 0.15) is 5.60 Å². The number of benzene rings is 1. The van der Waals surface area contributed by atoms with Gasteiger partial charge < -0.3 is 9.67 Å². The summed E-state index contributed by atoms with van der Waals surface area (Å²) in [6.45, 7) is 4.87. The molecule has 1 fully saturated rings. The number of imidazole rings is 1. The minimum absolute atomic E-state index is 0.170. The van der Waals surface area contributed by atoms with E-state index in [2.05, 4.69) is 53.0 Å². The van der Waals surface area contributed by atoms with Crippen LogP contribution in [-0.2, 0) is 6.54 Å². The quantitative estimate of drug-likeness (QED) is 0.847. The average molecular weight is 375 g/mol. The van der Waals surface area contributed by atoms with E-state index >= 15 is 0 Å². The van der Waals surface area contributed by atoms with E-state index in [-0.39, 0.29) is 5.41 Å². The zero-order chi connectivity index (χ0) is 16.5. The Morgan fingerprint density at radius 2 is 2.04 bits per heavy atom. The summed E-state index contributed by atoms with van der Waals surface area (Å²) in [4.78, 5) is 4.11. The number of nitrogens with zero attached hydrogens (tertiary/aromatic N) is 2. The smallest absolute Gasteiger partial charge is 0.109 e. The van der Waals surface area contributed by atoms with Gasteiger partial charge in [0.15, 0.2) is 0 Å². The van der Waals surface area contributed by atoms with Gasteiger partial charge in [0.25, 0.3) is 0 Å². The van der Waals surface area contributed by atoms with Gasteiger partial charge in [-0.3, -0.25) is 0 Å². The van der Waals surface area contributed by atoms with Crippen molar-refractivity contribution in [2.75, 3.05) is 0 Å². The Labute approximate surface area is 146 Å². The van der Waals surface area contributed by atoms with Crippen molar-refractivity contribution in [3.05, 3.63) is 58.6 Å². The van der Waals surface area contributed by atoms with Crippen LogP contribution < -0.4 is 0 Å². The Kier molecular flexibility index (Phi) is 4.47. The standard InChI is InChI=1S/C19H23BrN2O/c1-18(2)9-3-4-16(12-15-5-7-17(20)8-6-15)19(18,23)13-22-11-10-21-14-22/h5-8,10-12,14,23H,3-4,9,13H2,1-2H3/b16-12+/t19-/m1/s1. The van der Waals surface area contributed by atoms with Gasteiger partial charge in [0.2, 0.25) is 0 Å². The molecule has 0 amide bonds. The van der Waals surface area contributed by atoms with E-state index in [9.17, 15) is 5.11 Å². The van der Waals surface area contributed by atoms with Gasteiger partial charge in [-0.25, -0.2) is 4.98 Å². The third kappa shape index (κ3) is 3.29. The lowest BCUT2D eigenvalue weighted by Gasteiger charge is -2.48. The lowest BCUT2D eigenvalue weighted by atomic mass is 9.62. The van der Waals surface area contributed by atoms with E-state index in [1.54, 1.807) is 12.5 Å². The largest absolute Gasteiger partial charge is 0.383 e. The second-order valence-corrected chi connectivity index (χ2v) is 7.97. The molecule has 1 heterocycles. The minimum Gasteiger partial charge on any atom is -0.383 e. The molecule has 3 nitrogen and oxygen atoms in total. The molecule has 1 aromatic heterocycles. The molecular formula is C19H23BrN2O. The molecule has 0 aliphatic heterocycles. The molecule has 1 aliphatic rings. The van der Waals surface area contributed by atoms with Crippen molar-refractivity contribution >= 4 is 22.0 Å². The monoisotopic (exact) mass is 374 g/mol. The lowest BCUT2D eigenvalue weighted by molar-refractivity contribution is -0.0670. The second-order valence-electron chi connectivity index (χ2n) is 7.05. The molecule has 0 spiro atoms. The third-order valence-corrected chi connectivity index (χ3v) is 5.61. The Balaban J connectivity index is 2.00. The van der Waals surface area contributed by atoms with Crippen molar-refractivity contribution in [1.82, 2.24) is 9.55 Å². The number of aliphatic hydroxyl groups is 1. The number of rotatable bonds is 3. The first kappa shape index (κ1) is 16.5. The molecule has 1 aliphatic carbocycles. The second kappa shape index (κ2) is 6.25. The fourth-order valence-electron chi connectivity index (χ4n) is 3.48. The predicted molar refractivity (Wildman–Crippen MR) is 96.9 cm³/mol. The number of halogens is 1. The Bertz CT molecular complexity index is 689. The number of aromatic nitrogens is 2. The maximum Gasteiger partial charge on any atom is 0.109 e. The summed E-state index contributed by atoms with van der Waals surface area (Å²) in [5.41, 5.74) is 1.21. The van der Waals surface area contributed by atoms with Crippen LogP contribution >= 0.6 is 15.9 Å². The molecule has 122 valence electrons.